The maximum Gasteiger partial charge on any atom is 0.269 e. The van der Waals surface area contributed by atoms with E-state index < -0.39 is 0 Å². The van der Waals surface area contributed by atoms with Crippen molar-refractivity contribution in [3.63, 3.8) is 0 Å². The maximum atomic E-state index is 11.7. The van der Waals surface area contributed by atoms with Crippen LogP contribution in [0.25, 0.3) is 0 Å². The van der Waals surface area contributed by atoms with Crippen molar-refractivity contribution in [2.24, 2.45) is 5.73 Å². The van der Waals surface area contributed by atoms with Crippen molar-refractivity contribution >= 4 is 11.8 Å². The van der Waals surface area contributed by atoms with E-state index in [4.69, 9.17) is 5.73 Å². The molecule has 0 spiro atoms. The summed E-state index contributed by atoms with van der Waals surface area (Å²) >= 11 is 0. The second-order valence-corrected chi connectivity index (χ2v) is 4.60. The number of aromatic nitrogens is 1. The molecule has 0 atom stereocenters. The smallest absolute Gasteiger partial charge is 0.269 e. The van der Waals surface area contributed by atoms with Gasteiger partial charge in [0.1, 0.15) is 5.69 Å². The molecule has 1 aliphatic carbocycles. The number of nitrogens with one attached hydrogen (secondary N) is 2. The lowest BCUT2D eigenvalue weighted by molar-refractivity contribution is -0.121. The van der Waals surface area contributed by atoms with Gasteiger partial charge in [0.05, 0.1) is 0 Å². The molecule has 1 heterocycles. The summed E-state index contributed by atoms with van der Waals surface area (Å²) in [6.07, 6.45) is 4.00. The third-order valence-electron chi connectivity index (χ3n) is 2.87. The third-order valence-corrected chi connectivity index (χ3v) is 2.87. The Kier molecular flexibility index (Phi) is 4.46. The van der Waals surface area contributed by atoms with Gasteiger partial charge in [-0.05, 0) is 24.5 Å². The van der Waals surface area contributed by atoms with Crippen LogP contribution in [0.5, 0.6) is 0 Å². The summed E-state index contributed by atoms with van der Waals surface area (Å²) in [7, 11) is 0. The predicted molar refractivity (Wildman–Crippen MR) is 70.2 cm³/mol. The van der Waals surface area contributed by atoms with E-state index in [0.29, 0.717) is 31.2 Å². The standard InChI is InChI=1S/C13H18N4O2/c14-7-9-1-4-11(16-8-9)13(19)15-6-5-12(18)17-10-2-3-10/h1,4,8,10H,2-3,5-7,14H2,(H,15,19)(H,17,18). The molecule has 1 aromatic heterocycles. The van der Waals surface area contributed by atoms with Crippen LogP contribution in [0.4, 0.5) is 0 Å². The zero-order valence-corrected chi connectivity index (χ0v) is 10.7. The molecule has 6 heteroatoms. The average Bonchev–Trinajstić information content (AvgIpc) is 3.22. The molecule has 0 aromatic carbocycles. The molecule has 1 saturated carbocycles. The topological polar surface area (TPSA) is 97.1 Å². The van der Waals surface area contributed by atoms with Crippen LogP contribution in [0.2, 0.25) is 0 Å². The number of amides is 2. The lowest BCUT2D eigenvalue weighted by Crippen LogP contribution is -2.32. The highest BCUT2D eigenvalue weighted by atomic mass is 16.2. The molecule has 2 rings (SSSR count). The first-order chi connectivity index (χ1) is 9.19. The van der Waals surface area contributed by atoms with Crippen molar-refractivity contribution in [1.29, 1.82) is 0 Å². The van der Waals surface area contributed by atoms with Crippen LogP contribution < -0.4 is 16.4 Å². The van der Waals surface area contributed by atoms with Gasteiger partial charge in [-0.1, -0.05) is 6.07 Å². The van der Waals surface area contributed by atoms with Gasteiger partial charge in [-0.25, -0.2) is 0 Å². The molecule has 1 aromatic rings. The molecular formula is C13H18N4O2. The second-order valence-electron chi connectivity index (χ2n) is 4.60. The first-order valence-corrected chi connectivity index (χ1v) is 6.41. The number of pyridine rings is 1. The number of nitrogens with zero attached hydrogens (tertiary/aromatic N) is 1. The average molecular weight is 262 g/mol. The van der Waals surface area contributed by atoms with E-state index in [-0.39, 0.29) is 11.8 Å². The molecular weight excluding hydrogens is 244 g/mol. The van der Waals surface area contributed by atoms with E-state index in [1.807, 2.05) is 0 Å². The summed E-state index contributed by atoms with van der Waals surface area (Å²) in [4.78, 5) is 27.1. The van der Waals surface area contributed by atoms with Crippen molar-refractivity contribution in [2.75, 3.05) is 6.54 Å². The lowest BCUT2D eigenvalue weighted by Gasteiger charge is -2.05. The van der Waals surface area contributed by atoms with Crippen LogP contribution in [0, 0.1) is 0 Å². The monoisotopic (exact) mass is 262 g/mol. The minimum atomic E-state index is -0.275. The van der Waals surface area contributed by atoms with Gasteiger partial charge >= 0.3 is 0 Å². The van der Waals surface area contributed by atoms with Crippen LogP contribution in [0.1, 0.15) is 35.3 Å². The van der Waals surface area contributed by atoms with Gasteiger partial charge in [-0.3, -0.25) is 14.6 Å². The van der Waals surface area contributed by atoms with Crippen molar-refractivity contribution in [1.82, 2.24) is 15.6 Å². The van der Waals surface area contributed by atoms with Gasteiger partial charge in [0.15, 0.2) is 0 Å². The van der Waals surface area contributed by atoms with Gasteiger partial charge in [0.2, 0.25) is 5.91 Å². The number of hydrogen-bond donors (Lipinski definition) is 3. The highest BCUT2D eigenvalue weighted by Gasteiger charge is 2.22. The SMILES string of the molecule is NCc1ccc(C(=O)NCCC(=O)NC2CC2)nc1. The molecule has 6 nitrogen and oxygen atoms in total. The fraction of sp³-hybridized carbons (Fsp3) is 0.462. The summed E-state index contributed by atoms with van der Waals surface area (Å²) in [5.74, 6) is -0.294. The number of hydrogen-bond acceptors (Lipinski definition) is 4. The zero-order valence-electron chi connectivity index (χ0n) is 10.7. The van der Waals surface area contributed by atoms with E-state index in [0.717, 1.165) is 18.4 Å². The molecule has 0 unspecified atom stereocenters. The minimum Gasteiger partial charge on any atom is -0.353 e. The Bertz CT molecular complexity index is 454. The van der Waals surface area contributed by atoms with Gasteiger partial charge in [-0.2, -0.15) is 0 Å². The Morgan fingerprint density at radius 1 is 1.37 bits per heavy atom. The minimum absolute atomic E-state index is 0.0192. The van der Waals surface area contributed by atoms with Gasteiger partial charge in [0.25, 0.3) is 5.91 Å². The fourth-order valence-corrected chi connectivity index (χ4v) is 1.59. The zero-order chi connectivity index (χ0) is 13.7. The molecule has 4 N–H and O–H groups in total. The van der Waals surface area contributed by atoms with Crippen molar-refractivity contribution < 1.29 is 9.59 Å². The van der Waals surface area contributed by atoms with Gasteiger partial charge < -0.3 is 16.4 Å². The Hall–Kier alpha value is -1.95. The molecule has 2 amide bonds. The Balaban J connectivity index is 1.71. The van der Waals surface area contributed by atoms with Crippen molar-refractivity contribution in [3.8, 4) is 0 Å². The Morgan fingerprint density at radius 2 is 2.16 bits per heavy atom. The van der Waals surface area contributed by atoms with E-state index in [1.54, 1.807) is 18.3 Å². The van der Waals surface area contributed by atoms with E-state index in [2.05, 4.69) is 15.6 Å². The fourth-order valence-electron chi connectivity index (χ4n) is 1.59. The number of carbonyl (C=O) groups is 2. The lowest BCUT2D eigenvalue weighted by atomic mass is 10.2. The van der Waals surface area contributed by atoms with Crippen LogP contribution in [0.3, 0.4) is 0 Å². The molecule has 1 aliphatic rings. The molecule has 0 bridgehead atoms. The van der Waals surface area contributed by atoms with Crippen molar-refractivity contribution in [3.05, 3.63) is 29.6 Å². The summed E-state index contributed by atoms with van der Waals surface area (Å²) in [5, 5.41) is 5.53. The largest absolute Gasteiger partial charge is 0.353 e. The first kappa shape index (κ1) is 13.5. The molecule has 0 saturated heterocycles. The third kappa shape index (κ3) is 4.33. The van der Waals surface area contributed by atoms with Crippen molar-refractivity contribution in [2.45, 2.75) is 31.8 Å². The normalized spacial score (nSPS) is 13.9. The van der Waals surface area contributed by atoms with Crippen LogP contribution in [0.15, 0.2) is 18.3 Å². The maximum absolute atomic E-state index is 11.7. The Labute approximate surface area is 111 Å². The van der Waals surface area contributed by atoms with Crippen LogP contribution >= 0.6 is 0 Å². The van der Waals surface area contributed by atoms with Gasteiger partial charge in [0, 0.05) is 31.7 Å². The summed E-state index contributed by atoms with van der Waals surface area (Å²) in [5.41, 5.74) is 6.66. The van der Waals surface area contributed by atoms with E-state index >= 15 is 0 Å². The second kappa shape index (κ2) is 6.29. The summed E-state index contributed by atoms with van der Waals surface area (Å²) in [6, 6.07) is 3.75. The summed E-state index contributed by atoms with van der Waals surface area (Å²) < 4.78 is 0. The Morgan fingerprint density at radius 3 is 2.74 bits per heavy atom. The molecule has 0 aliphatic heterocycles. The quantitative estimate of drug-likeness (QED) is 0.669. The van der Waals surface area contributed by atoms with Crippen LogP contribution in [-0.4, -0.2) is 29.4 Å². The summed E-state index contributed by atoms with van der Waals surface area (Å²) in [6.45, 7) is 0.716. The first-order valence-electron chi connectivity index (χ1n) is 6.41. The number of carbonyl (C=O) groups excluding carboxylic acids is 2. The number of rotatable bonds is 6. The molecule has 1 fully saturated rings. The van der Waals surface area contributed by atoms with E-state index in [9.17, 15) is 9.59 Å². The highest BCUT2D eigenvalue weighted by Crippen LogP contribution is 2.18. The highest BCUT2D eigenvalue weighted by molar-refractivity contribution is 5.92. The molecule has 0 radical (unpaired) electrons. The van der Waals surface area contributed by atoms with Crippen LogP contribution in [-0.2, 0) is 11.3 Å². The predicted octanol–water partition coefficient (Wildman–Crippen LogP) is -0.0612. The van der Waals surface area contributed by atoms with E-state index in [1.165, 1.54) is 0 Å². The molecule has 19 heavy (non-hydrogen) atoms. The number of nitrogens with two attached hydrogens (primary N) is 1. The van der Waals surface area contributed by atoms with Gasteiger partial charge in [-0.15, -0.1) is 0 Å². The molecule has 102 valence electrons.